The lowest BCUT2D eigenvalue weighted by atomic mass is 9.77. The number of nitrogens with one attached hydrogen (secondary N) is 9. The van der Waals surface area contributed by atoms with Gasteiger partial charge in [0.2, 0.25) is 53.2 Å². The molecule has 0 unspecified atom stereocenters. The second kappa shape index (κ2) is 50.4. The highest BCUT2D eigenvalue weighted by atomic mass is 16.6. The van der Waals surface area contributed by atoms with Gasteiger partial charge < -0.3 is 76.6 Å². The molecule has 0 saturated heterocycles. The number of carboxylic acid groups (broad SMARTS) is 1. The van der Waals surface area contributed by atoms with Gasteiger partial charge in [-0.1, -0.05) is 232 Å². The first kappa shape index (κ1) is 109. The van der Waals surface area contributed by atoms with Crippen LogP contribution in [0.25, 0.3) is 10.9 Å². The van der Waals surface area contributed by atoms with Crippen molar-refractivity contribution in [1.82, 2.24) is 52.4 Å². The van der Waals surface area contributed by atoms with E-state index in [2.05, 4.69) is 54.8 Å². The van der Waals surface area contributed by atoms with Gasteiger partial charge >= 0.3 is 12.1 Å². The Kier molecular flexibility index (Phi) is 40.4. The van der Waals surface area contributed by atoms with E-state index in [0.29, 0.717) is 73.5 Å². The molecule has 8 atom stereocenters. The number of unbranched alkanes of at least 4 members (excludes halogenated alkanes) is 8. The molecule has 0 radical (unpaired) electrons. The third kappa shape index (κ3) is 36.3. The van der Waals surface area contributed by atoms with Crippen LogP contribution < -0.4 is 62.1 Å². The number of rotatable bonds is 49. The highest BCUT2D eigenvalue weighted by molar-refractivity contribution is 6.00. The molecule has 27 heteroatoms. The van der Waals surface area contributed by atoms with Crippen LogP contribution in [0.2, 0.25) is 0 Å². The normalized spacial score (nSPS) is 13.8. The van der Waals surface area contributed by atoms with E-state index in [4.69, 9.17) is 23.7 Å². The Morgan fingerprint density at radius 1 is 0.346 bits per heavy atom. The van der Waals surface area contributed by atoms with Crippen LogP contribution in [0.3, 0.4) is 0 Å². The molecule has 0 saturated carbocycles. The van der Waals surface area contributed by atoms with E-state index in [1.165, 1.54) is 30.0 Å². The molecular weight excluding hydrogens is 1720 g/mol. The second-order valence-electron chi connectivity index (χ2n) is 41.2. The average Bonchev–Trinajstić information content (AvgIpc) is 0.924. The summed E-state index contributed by atoms with van der Waals surface area (Å²) < 4.78 is 32.0. The maximum atomic E-state index is 16.1. The lowest BCUT2D eigenvalue weighted by Gasteiger charge is -2.37. The summed E-state index contributed by atoms with van der Waals surface area (Å²) in [5, 5.41) is 37.7. The zero-order valence-electron chi connectivity index (χ0n) is 83.4. The lowest BCUT2D eigenvalue weighted by Crippen LogP contribution is -2.62. The van der Waals surface area contributed by atoms with Crippen molar-refractivity contribution >= 4 is 76.1 Å². The van der Waals surface area contributed by atoms with Gasteiger partial charge in [-0.15, -0.1) is 0 Å². The molecule has 736 valence electrons. The number of carbonyl (C=O) groups is 11. The Balaban J connectivity index is 1.16. The van der Waals surface area contributed by atoms with Gasteiger partial charge in [-0.05, 0) is 216 Å². The highest BCUT2D eigenvalue weighted by Crippen LogP contribution is 2.38. The maximum absolute atomic E-state index is 16.1. The number of ether oxygens (including phenoxy) is 5. The van der Waals surface area contributed by atoms with Crippen molar-refractivity contribution in [3.05, 3.63) is 233 Å². The van der Waals surface area contributed by atoms with Crippen LogP contribution in [0.5, 0.6) is 17.2 Å². The van der Waals surface area contributed by atoms with Gasteiger partial charge in [0.25, 0.3) is 0 Å². The predicted molar refractivity (Wildman–Crippen MR) is 530 cm³/mol. The molecule has 9 amide bonds. The molecular formula is C109H148N10O17. The Bertz CT molecular complexity index is 5120. The Labute approximate surface area is 804 Å². The third-order valence-corrected chi connectivity index (χ3v) is 22.2. The molecule has 8 aromatic rings. The van der Waals surface area contributed by atoms with Crippen LogP contribution in [-0.2, 0) is 88.6 Å². The van der Waals surface area contributed by atoms with E-state index in [1.807, 2.05) is 181 Å². The molecule has 0 fully saturated rings. The van der Waals surface area contributed by atoms with Gasteiger partial charge in [-0.3, -0.25) is 47.7 Å². The molecule has 0 aliphatic carbocycles. The lowest BCUT2D eigenvalue weighted by molar-refractivity contribution is -0.144. The first-order valence-corrected chi connectivity index (χ1v) is 48.0. The average molecular weight is 1870 g/mol. The fourth-order valence-electron chi connectivity index (χ4n) is 15.9. The van der Waals surface area contributed by atoms with E-state index >= 15 is 33.6 Å². The molecule has 0 bridgehead atoms. The minimum atomic E-state index is -1.88. The van der Waals surface area contributed by atoms with E-state index in [-0.39, 0.29) is 62.7 Å². The van der Waals surface area contributed by atoms with Crippen molar-refractivity contribution in [2.45, 2.75) is 330 Å². The van der Waals surface area contributed by atoms with Crippen molar-refractivity contribution in [2.24, 2.45) is 11.8 Å². The first-order chi connectivity index (χ1) is 64.0. The Hall–Kier alpha value is -12.4. The summed E-state index contributed by atoms with van der Waals surface area (Å²) in [5.74, 6) is -7.75. The summed E-state index contributed by atoms with van der Waals surface area (Å²) in [6.07, 6.45) is 8.71. The molecule has 7 aromatic carbocycles. The molecule has 8 rings (SSSR count). The number of hydrogen-bond acceptors (Lipinski definition) is 16. The number of para-hydroxylation sites is 1. The van der Waals surface area contributed by atoms with Gasteiger partial charge in [0, 0.05) is 43.7 Å². The number of amides is 9. The van der Waals surface area contributed by atoms with Crippen LogP contribution >= 0.6 is 0 Å². The number of aliphatic carboxylic acids is 1. The van der Waals surface area contributed by atoms with Crippen LogP contribution in [0.1, 0.15) is 261 Å². The van der Waals surface area contributed by atoms with E-state index in [9.17, 15) is 24.3 Å². The quantitative estimate of drug-likeness (QED) is 0.0125. The summed E-state index contributed by atoms with van der Waals surface area (Å²) in [6.45, 7) is 36.5. The number of nitrogens with zero attached hydrogens (tertiary/aromatic N) is 1. The number of hydrogen-bond donors (Lipinski definition) is 10. The highest BCUT2D eigenvalue weighted by Gasteiger charge is 2.42. The minimum absolute atomic E-state index is 0.0619. The molecule has 0 aliphatic rings. The van der Waals surface area contributed by atoms with Crippen molar-refractivity contribution in [2.75, 3.05) is 6.61 Å². The summed E-state index contributed by atoms with van der Waals surface area (Å²) in [4.78, 5) is 166. The number of benzene rings is 7. The Morgan fingerprint density at radius 3 is 1.04 bits per heavy atom. The molecule has 1 heterocycles. The maximum Gasteiger partial charge on any atom is 0.419 e. The first-order valence-electron chi connectivity index (χ1n) is 48.0. The monoisotopic (exact) mass is 1870 g/mol. The van der Waals surface area contributed by atoms with Crippen molar-refractivity contribution < 1.29 is 81.5 Å². The third-order valence-electron chi connectivity index (χ3n) is 22.2. The van der Waals surface area contributed by atoms with Gasteiger partial charge in [0.15, 0.2) is 0 Å². The summed E-state index contributed by atoms with van der Waals surface area (Å²) >= 11 is 0. The van der Waals surface area contributed by atoms with Gasteiger partial charge in [0.1, 0.15) is 93.5 Å². The number of fused-ring (bicyclic) bond motifs is 1. The van der Waals surface area contributed by atoms with E-state index in [1.54, 1.807) is 139 Å². The SMILES string of the molecule is CCCCCCCCCCCC(=O)N[C@@H](CC(C)C)C(=O)N[C@@H](Cc1ccc(OC(C)(C)C)cc1)C(=O)N[C@@H](Cc1cn(C(=O)OC(C)(C)C)c2ccccc12)C(=O)N[C@@H](COC(C)(C)C)C(=O)N[C@@H](Cc1ccc(OC(C)(C)C)cc1)C(=O)N[C@@H](CC(C)C)C(=O)N[C@@H](Cc1ccc(OC(C)(C)C)cc1)C(=O)N[C@@H](CC(=O)NC(c1ccccc1)(c1ccccc1)c1ccccc1)C(=O)O. The van der Waals surface area contributed by atoms with Crippen molar-refractivity contribution in [3.63, 3.8) is 0 Å². The smallest absolute Gasteiger partial charge is 0.419 e. The van der Waals surface area contributed by atoms with Crippen LogP contribution in [0, 0.1) is 11.8 Å². The summed E-state index contributed by atoms with van der Waals surface area (Å²) in [7, 11) is 0. The molecule has 0 spiro atoms. The van der Waals surface area contributed by atoms with Gasteiger partial charge in [-0.2, -0.15) is 0 Å². The zero-order chi connectivity index (χ0) is 99.9. The van der Waals surface area contributed by atoms with Gasteiger partial charge in [0.05, 0.1) is 24.1 Å². The van der Waals surface area contributed by atoms with Crippen molar-refractivity contribution in [1.29, 1.82) is 0 Å². The summed E-state index contributed by atoms with van der Waals surface area (Å²) in [5.41, 5.74) is -0.749. The van der Waals surface area contributed by atoms with Crippen molar-refractivity contribution in [3.8, 4) is 17.2 Å². The van der Waals surface area contributed by atoms with Crippen LogP contribution in [0.4, 0.5) is 4.79 Å². The number of aromatic nitrogens is 1. The molecule has 27 nitrogen and oxygen atoms in total. The number of carbonyl (C=O) groups excluding carboxylic acids is 10. The van der Waals surface area contributed by atoms with E-state index < -0.39 is 154 Å². The standard InChI is InChI=1S/C109H148N10O17/c1-21-22-23-24-25-26-27-28-38-49-93(120)110-84(62-71(2)3)95(122)112-86(64-73-50-56-80(57-51-73)133-105(9,10)11)98(125)115-89(67-76-69-119(103(131)136-108(18,19)20)92-48-40-39-47-83(76)92)100(127)117-91(70-132-104(6,7)8)101(128)114-87(65-74-52-58-81(59-53-74)134-106(12,13)14)97(124)111-85(63-72(4)5)96(123)113-88(66-75-54-60-82(61-55-75)135-107(15,16)17)99(126)116-90(102(129)130)68-94(121)118-109(77-41-32-29-33-42-77,78-43-34-30-35-44-78)79-45-36-31-37-46-79/h29-37,39-48,50-61,69,71-72,84-91H,21-28,38,49,62-68,70H2,1-20H3,(H,110,120)(H,111,124)(H,112,122)(H,113,123)(H,114,128)(H,115,125)(H,116,126)(H,117,127)(H,118,121)(H,129,130)/t84-,85-,86-,87-,88-,89-,90-,91-/m0/s1. The molecule has 0 aliphatic heterocycles. The Morgan fingerprint density at radius 2 is 0.676 bits per heavy atom. The molecule has 10 N–H and O–H groups in total. The zero-order valence-corrected chi connectivity index (χ0v) is 83.4. The van der Waals surface area contributed by atoms with Gasteiger partial charge in [-0.25, -0.2) is 9.59 Å². The topological polar surface area (TPSA) is 367 Å². The minimum Gasteiger partial charge on any atom is -0.488 e. The fraction of sp³-hybridized carbons (Fsp3) is 0.495. The molecule has 136 heavy (non-hydrogen) atoms. The second-order valence-corrected chi connectivity index (χ2v) is 41.2. The largest absolute Gasteiger partial charge is 0.488 e. The number of carboxylic acids is 1. The molecule has 1 aromatic heterocycles. The summed E-state index contributed by atoms with van der Waals surface area (Å²) in [6, 6.07) is 42.7. The fourth-order valence-corrected chi connectivity index (χ4v) is 15.9. The van der Waals surface area contributed by atoms with Crippen LogP contribution in [0.15, 0.2) is 194 Å². The predicted octanol–water partition coefficient (Wildman–Crippen LogP) is 16.5. The van der Waals surface area contributed by atoms with E-state index in [0.717, 1.165) is 32.1 Å². The van der Waals surface area contributed by atoms with Crippen LogP contribution in [-0.4, -0.2) is 158 Å².